The van der Waals surface area contributed by atoms with Crippen molar-refractivity contribution in [2.24, 2.45) is 0 Å². The van der Waals surface area contributed by atoms with Gasteiger partial charge < -0.3 is 14.0 Å². The molecule has 0 aliphatic carbocycles. The standard InChI is InChI=1S/C18H30BNO4/c1-16(2,3)22-15(21)20-13-8-9-14(20)11-12(10-13)19-23-17(4,5)18(6,7)24-19/h10,13-14H,8-9,11H2,1-7H3/t13?,14-/m0/s1. The molecule has 24 heavy (non-hydrogen) atoms. The van der Waals surface area contributed by atoms with Crippen molar-refractivity contribution in [3.05, 3.63) is 11.5 Å². The predicted molar refractivity (Wildman–Crippen MR) is 93.7 cm³/mol. The Morgan fingerprint density at radius 2 is 1.79 bits per heavy atom. The van der Waals surface area contributed by atoms with Gasteiger partial charge >= 0.3 is 13.2 Å². The summed E-state index contributed by atoms with van der Waals surface area (Å²) in [7, 11) is -0.307. The summed E-state index contributed by atoms with van der Waals surface area (Å²) < 4.78 is 17.9. The van der Waals surface area contributed by atoms with Crippen LogP contribution >= 0.6 is 0 Å². The fourth-order valence-electron chi connectivity index (χ4n) is 3.63. The van der Waals surface area contributed by atoms with Crippen molar-refractivity contribution in [3.8, 4) is 0 Å². The van der Waals surface area contributed by atoms with E-state index in [2.05, 4.69) is 33.8 Å². The molecule has 0 radical (unpaired) electrons. The third-order valence-electron chi connectivity index (χ3n) is 5.58. The van der Waals surface area contributed by atoms with Crippen LogP contribution in [0.2, 0.25) is 0 Å². The van der Waals surface area contributed by atoms with Gasteiger partial charge in [0.1, 0.15) is 5.60 Å². The molecule has 0 aromatic carbocycles. The minimum absolute atomic E-state index is 0.0904. The summed E-state index contributed by atoms with van der Waals surface area (Å²) in [6, 6.07) is 0.275. The van der Waals surface area contributed by atoms with E-state index < -0.39 is 5.60 Å². The Hall–Kier alpha value is -1.01. The third kappa shape index (κ3) is 3.10. The summed E-state index contributed by atoms with van der Waals surface area (Å²) in [5, 5.41) is 0. The van der Waals surface area contributed by atoms with E-state index >= 15 is 0 Å². The van der Waals surface area contributed by atoms with Crippen molar-refractivity contribution in [2.45, 2.75) is 96.6 Å². The molecule has 3 heterocycles. The summed E-state index contributed by atoms with van der Waals surface area (Å²) in [5.74, 6) is 0. The maximum absolute atomic E-state index is 12.5. The van der Waals surface area contributed by atoms with Crippen LogP contribution in [-0.4, -0.2) is 47.0 Å². The van der Waals surface area contributed by atoms with Gasteiger partial charge in [-0.25, -0.2) is 4.79 Å². The lowest BCUT2D eigenvalue weighted by Crippen LogP contribution is -2.47. The van der Waals surface area contributed by atoms with Crippen molar-refractivity contribution in [3.63, 3.8) is 0 Å². The van der Waals surface area contributed by atoms with Gasteiger partial charge in [-0.15, -0.1) is 0 Å². The van der Waals surface area contributed by atoms with Gasteiger partial charge in [-0.1, -0.05) is 6.08 Å². The number of nitrogens with zero attached hydrogens (tertiary/aromatic N) is 1. The highest BCUT2D eigenvalue weighted by Crippen LogP contribution is 2.43. The van der Waals surface area contributed by atoms with Crippen LogP contribution in [0.15, 0.2) is 11.5 Å². The Labute approximate surface area is 145 Å². The third-order valence-corrected chi connectivity index (χ3v) is 5.58. The minimum Gasteiger partial charge on any atom is -0.444 e. The fourth-order valence-corrected chi connectivity index (χ4v) is 3.63. The van der Waals surface area contributed by atoms with Gasteiger partial charge in [0.2, 0.25) is 0 Å². The lowest BCUT2D eigenvalue weighted by Gasteiger charge is -2.35. The average Bonchev–Trinajstić information content (AvgIpc) is 2.78. The van der Waals surface area contributed by atoms with Gasteiger partial charge in [0, 0.05) is 6.04 Å². The number of ether oxygens (including phenoxy) is 1. The lowest BCUT2D eigenvalue weighted by molar-refractivity contribution is 0.00578. The molecule has 0 spiro atoms. The molecule has 1 unspecified atom stereocenters. The Balaban J connectivity index is 1.75. The zero-order valence-corrected chi connectivity index (χ0v) is 16.0. The number of hydrogen-bond donors (Lipinski definition) is 0. The van der Waals surface area contributed by atoms with E-state index in [9.17, 15) is 4.79 Å². The minimum atomic E-state index is -0.466. The van der Waals surface area contributed by atoms with Crippen LogP contribution in [0.4, 0.5) is 4.79 Å². The molecular weight excluding hydrogens is 305 g/mol. The molecule has 0 aromatic heterocycles. The summed E-state index contributed by atoms with van der Waals surface area (Å²) in [4.78, 5) is 14.4. The molecule has 0 aromatic rings. The normalized spacial score (nSPS) is 31.2. The molecular formula is C18H30BNO4. The van der Waals surface area contributed by atoms with Crippen LogP contribution in [0.25, 0.3) is 0 Å². The fraction of sp³-hybridized carbons (Fsp3) is 0.833. The van der Waals surface area contributed by atoms with E-state index in [1.165, 1.54) is 5.47 Å². The van der Waals surface area contributed by atoms with E-state index in [0.29, 0.717) is 0 Å². The number of carbonyl (C=O) groups is 1. The van der Waals surface area contributed by atoms with Crippen molar-refractivity contribution < 1.29 is 18.8 Å². The van der Waals surface area contributed by atoms with Gasteiger partial charge in [0.25, 0.3) is 0 Å². The number of hydrogen-bond acceptors (Lipinski definition) is 4. The molecule has 3 aliphatic heterocycles. The zero-order valence-electron chi connectivity index (χ0n) is 16.0. The van der Waals surface area contributed by atoms with Gasteiger partial charge in [0.05, 0.1) is 17.2 Å². The SMILES string of the molecule is CC(C)(C)OC(=O)N1C2C=C(B3OC(C)(C)C(C)(C)O3)C[C@@H]1CC2. The Morgan fingerprint density at radius 1 is 1.21 bits per heavy atom. The van der Waals surface area contributed by atoms with Crippen LogP contribution in [0.1, 0.15) is 67.7 Å². The van der Waals surface area contributed by atoms with Gasteiger partial charge in [-0.3, -0.25) is 4.90 Å². The van der Waals surface area contributed by atoms with Crippen molar-refractivity contribution in [2.75, 3.05) is 0 Å². The van der Waals surface area contributed by atoms with E-state index in [1.807, 2.05) is 25.7 Å². The second kappa shape index (κ2) is 5.50. The van der Waals surface area contributed by atoms with E-state index in [4.69, 9.17) is 14.0 Å². The topological polar surface area (TPSA) is 48.0 Å². The molecule has 1 amide bonds. The zero-order chi connectivity index (χ0) is 17.9. The van der Waals surface area contributed by atoms with Crippen LogP contribution < -0.4 is 0 Å². The highest BCUT2D eigenvalue weighted by molar-refractivity contribution is 6.54. The molecule has 0 N–H and O–H groups in total. The first-order chi connectivity index (χ1) is 10.9. The highest BCUT2D eigenvalue weighted by atomic mass is 16.7. The van der Waals surface area contributed by atoms with Crippen LogP contribution in [0.5, 0.6) is 0 Å². The maximum atomic E-state index is 12.5. The summed E-state index contributed by atoms with van der Waals surface area (Å²) in [6.45, 7) is 14.0. The second-order valence-corrected chi connectivity index (χ2v) is 9.22. The largest absolute Gasteiger partial charge is 0.490 e. The Kier molecular flexibility index (Phi) is 4.08. The molecule has 3 aliphatic rings. The molecule has 134 valence electrons. The molecule has 5 nitrogen and oxygen atoms in total. The van der Waals surface area contributed by atoms with Crippen LogP contribution in [-0.2, 0) is 14.0 Å². The number of amides is 1. The van der Waals surface area contributed by atoms with E-state index in [0.717, 1.165) is 19.3 Å². The molecule has 6 heteroatoms. The van der Waals surface area contributed by atoms with Gasteiger partial charge in [0.15, 0.2) is 0 Å². The quantitative estimate of drug-likeness (QED) is 0.685. The number of rotatable bonds is 1. The molecule has 2 bridgehead atoms. The first-order valence-electron chi connectivity index (χ1n) is 8.97. The molecule has 2 saturated heterocycles. The van der Waals surface area contributed by atoms with Crippen molar-refractivity contribution in [1.82, 2.24) is 4.90 Å². The highest BCUT2D eigenvalue weighted by Gasteiger charge is 2.54. The average molecular weight is 335 g/mol. The van der Waals surface area contributed by atoms with Crippen LogP contribution in [0.3, 0.4) is 0 Å². The second-order valence-electron chi connectivity index (χ2n) is 9.22. The first-order valence-corrected chi connectivity index (χ1v) is 8.97. The summed E-state index contributed by atoms with van der Waals surface area (Å²) >= 11 is 0. The molecule has 2 atom stereocenters. The lowest BCUT2D eigenvalue weighted by atomic mass is 9.73. The Morgan fingerprint density at radius 3 is 2.29 bits per heavy atom. The maximum Gasteiger partial charge on any atom is 0.490 e. The monoisotopic (exact) mass is 335 g/mol. The predicted octanol–water partition coefficient (Wildman–Crippen LogP) is 3.72. The Bertz CT molecular complexity index is 548. The number of carbonyl (C=O) groups excluding carboxylic acids is 1. The first kappa shape index (κ1) is 17.8. The molecule has 3 rings (SSSR count). The van der Waals surface area contributed by atoms with Gasteiger partial charge in [-0.2, -0.15) is 0 Å². The molecule has 2 fully saturated rings. The van der Waals surface area contributed by atoms with E-state index in [-0.39, 0.29) is 36.5 Å². The van der Waals surface area contributed by atoms with Crippen molar-refractivity contribution in [1.29, 1.82) is 0 Å². The number of fused-ring (bicyclic) bond motifs is 2. The smallest absolute Gasteiger partial charge is 0.444 e. The summed E-state index contributed by atoms with van der Waals surface area (Å²) in [5.41, 5.74) is 0.0346. The summed E-state index contributed by atoms with van der Waals surface area (Å²) in [6.07, 6.45) is 4.73. The van der Waals surface area contributed by atoms with Crippen molar-refractivity contribution >= 4 is 13.2 Å². The van der Waals surface area contributed by atoms with Gasteiger partial charge in [-0.05, 0) is 73.2 Å². The van der Waals surface area contributed by atoms with E-state index in [1.54, 1.807) is 0 Å². The van der Waals surface area contributed by atoms with Crippen LogP contribution in [0, 0.1) is 0 Å². The molecule has 0 saturated carbocycles.